The second-order valence-electron chi connectivity index (χ2n) is 5.88. The highest BCUT2D eigenvalue weighted by atomic mass is 32.1. The van der Waals surface area contributed by atoms with Crippen LogP contribution in [0.4, 0.5) is 14.6 Å². The molecule has 142 valence electrons. The maximum atomic E-state index is 13.8. The van der Waals surface area contributed by atoms with Gasteiger partial charge < -0.3 is 15.2 Å². The highest BCUT2D eigenvalue weighted by Gasteiger charge is 2.22. The SMILES string of the molecule is COC(=O)c1sc2nc(C)nc(NCC(O)c3c(F)cccc3F)c2c1C. The summed E-state index contributed by atoms with van der Waals surface area (Å²) in [4.78, 5) is 21.5. The van der Waals surface area contributed by atoms with Crippen molar-refractivity contribution in [2.75, 3.05) is 19.0 Å². The predicted molar refractivity (Wildman–Crippen MR) is 98.0 cm³/mol. The summed E-state index contributed by atoms with van der Waals surface area (Å²) in [5.74, 6) is -1.31. The first-order chi connectivity index (χ1) is 12.8. The van der Waals surface area contributed by atoms with E-state index in [0.29, 0.717) is 32.3 Å². The van der Waals surface area contributed by atoms with Crippen LogP contribution in [0.1, 0.15) is 32.7 Å². The lowest BCUT2D eigenvalue weighted by Crippen LogP contribution is -2.16. The number of thiophene rings is 1. The molecule has 1 atom stereocenters. The lowest BCUT2D eigenvalue weighted by Gasteiger charge is -2.15. The molecule has 2 heterocycles. The second-order valence-corrected chi connectivity index (χ2v) is 6.88. The van der Waals surface area contributed by atoms with Crippen LogP contribution in [0.25, 0.3) is 10.2 Å². The van der Waals surface area contributed by atoms with Gasteiger partial charge in [-0.3, -0.25) is 0 Å². The van der Waals surface area contributed by atoms with E-state index < -0.39 is 29.3 Å². The maximum absolute atomic E-state index is 13.8. The van der Waals surface area contributed by atoms with Crippen molar-refractivity contribution in [3.63, 3.8) is 0 Å². The summed E-state index contributed by atoms with van der Waals surface area (Å²) >= 11 is 1.17. The van der Waals surface area contributed by atoms with Gasteiger partial charge in [-0.05, 0) is 31.5 Å². The molecule has 27 heavy (non-hydrogen) atoms. The Morgan fingerprint density at radius 3 is 2.59 bits per heavy atom. The van der Waals surface area contributed by atoms with E-state index in [2.05, 4.69) is 15.3 Å². The lowest BCUT2D eigenvalue weighted by molar-refractivity contribution is 0.0605. The molecule has 0 radical (unpaired) electrons. The number of methoxy groups -OCH3 is 1. The average Bonchev–Trinajstić information content (AvgIpc) is 2.95. The zero-order valence-electron chi connectivity index (χ0n) is 14.8. The fourth-order valence-electron chi connectivity index (χ4n) is 2.79. The largest absolute Gasteiger partial charge is 0.465 e. The van der Waals surface area contributed by atoms with Gasteiger partial charge in [-0.15, -0.1) is 11.3 Å². The van der Waals surface area contributed by atoms with E-state index in [0.717, 1.165) is 12.1 Å². The van der Waals surface area contributed by atoms with Crippen LogP contribution < -0.4 is 5.32 Å². The van der Waals surface area contributed by atoms with Crippen molar-refractivity contribution in [1.29, 1.82) is 0 Å². The number of nitrogens with zero attached hydrogens (tertiary/aromatic N) is 2. The molecule has 0 amide bonds. The summed E-state index contributed by atoms with van der Waals surface area (Å²) in [6.07, 6.45) is -1.42. The standard InChI is InChI=1S/C18H17F2N3O3S/c1-8-13-16(21-7-12(24)14-10(19)5-4-6-11(14)20)22-9(2)23-17(13)27-15(8)18(25)26-3/h4-6,12,24H,7H2,1-3H3,(H,21,22,23). The quantitative estimate of drug-likeness (QED) is 0.646. The normalized spacial score (nSPS) is 12.2. The van der Waals surface area contributed by atoms with Crippen LogP contribution >= 0.6 is 11.3 Å². The predicted octanol–water partition coefficient (Wildman–Crippen LogP) is 3.52. The average molecular weight is 393 g/mol. The van der Waals surface area contributed by atoms with Crippen LogP contribution in [0.5, 0.6) is 0 Å². The first-order valence-electron chi connectivity index (χ1n) is 8.05. The van der Waals surface area contributed by atoms with Gasteiger partial charge in [-0.2, -0.15) is 0 Å². The van der Waals surface area contributed by atoms with Gasteiger partial charge in [-0.1, -0.05) is 6.07 Å². The first-order valence-corrected chi connectivity index (χ1v) is 8.87. The minimum absolute atomic E-state index is 0.174. The highest BCUT2D eigenvalue weighted by molar-refractivity contribution is 7.20. The summed E-state index contributed by atoms with van der Waals surface area (Å²) in [5, 5.41) is 13.7. The van der Waals surface area contributed by atoms with E-state index in [1.54, 1.807) is 13.8 Å². The third kappa shape index (κ3) is 3.60. The zero-order valence-corrected chi connectivity index (χ0v) is 15.7. The number of carbonyl (C=O) groups is 1. The van der Waals surface area contributed by atoms with Gasteiger partial charge in [0.1, 0.15) is 39.1 Å². The number of esters is 1. The number of fused-ring (bicyclic) bond motifs is 1. The number of halogens is 2. The fraction of sp³-hybridized carbons (Fsp3) is 0.278. The fourth-order valence-corrected chi connectivity index (χ4v) is 3.93. The second kappa shape index (κ2) is 7.53. The van der Waals surface area contributed by atoms with E-state index in [1.807, 2.05) is 0 Å². The zero-order chi connectivity index (χ0) is 19.7. The molecule has 2 N–H and O–H groups in total. The van der Waals surface area contributed by atoms with Crippen molar-refractivity contribution in [3.05, 3.63) is 51.7 Å². The van der Waals surface area contributed by atoms with Gasteiger partial charge >= 0.3 is 5.97 Å². The molecule has 0 spiro atoms. The Balaban J connectivity index is 1.95. The molecule has 0 saturated carbocycles. The molecule has 3 aromatic rings. The van der Waals surface area contributed by atoms with Crippen LogP contribution in [0.15, 0.2) is 18.2 Å². The molecular weight excluding hydrogens is 376 g/mol. The van der Waals surface area contributed by atoms with Gasteiger partial charge in [0.25, 0.3) is 0 Å². The monoisotopic (exact) mass is 393 g/mol. The number of anilines is 1. The Morgan fingerprint density at radius 2 is 1.96 bits per heavy atom. The van der Waals surface area contributed by atoms with Gasteiger partial charge in [0.2, 0.25) is 0 Å². The third-order valence-corrected chi connectivity index (χ3v) is 5.23. The highest BCUT2D eigenvalue weighted by Crippen LogP contribution is 2.34. The van der Waals surface area contributed by atoms with Crippen LogP contribution in [-0.4, -0.2) is 34.7 Å². The smallest absolute Gasteiger partial charge is 0.348 e. The molecule has 0 aliphatic rings. The number of hydrogen-bond donors (Lipinski definition) is 2. The third-order valence-electron chi connectivity index (χ3n) is 4.07. The summed E-state index contributed by atoms with van der Waals surface area (Å²) in [6, 6.07) is 3.40. The number of aromatic nitrogens is 2. The molecule has 0 saturated heterocycles. The minimum atomic E-state index is -1.42. The van der Waals surface area contributed by atoms with Crippen molar-refractivity contribution >= 4 is 33.3 Å². The number of ether oxygens (including phenoxy) is 1. The molecule has 0 fully saturated rings. The number of aliphatic hydroxyl groups is 1. The Bertz CT molecular complexity index is 1000. The van der Waals surface area contributed by atoms with Crippen LogP contribution in [0.3, 0.4) is 0 Å². The number of hydrogen-bond acceptors (Lipinski definition) is 7. The summed E-state index contributed by atoms with van der Waals surface area (Å²) in [7, 11) is 1.29. The van der Waals surface area contributed by atoms with E-state index in [1.165, 1.54) is 24.5 Å². The van der Waals surface area contributed by atoms with E-state index in [4.69, 9.17) is 4.74 Å². The molecule has 6 nitrogen and oxygen atoms in total. The van der Waals surface area contributed by atoms with E-state index in [-0.39, 0.29) is 6.54 Å². The van der Waals surface area contributed by atoms with Crippen LogP contribution in [0, 0.1) is 25.5 Å². The van der Waals surface area contributed by atoms with Gasteiger partial charge in [0, 0.05) is 6.54 Å². The molecule has 0 aliphatic carbocycles. The first kappa shape index (κ1) is 19.1. The Kier molecular flexibility index (Phi) is 5.33. The van der Waals surface area contributed by atoms with Gasteiger partial charge in [0.15, 0.2) is 0 Å². The number of aliphatic hydroxyl groups excluding tert-OH is 1. The minimum Gasteiger partial charge on any atom is -0.465 e. The molecule has 0 bridgehead atoms. The number of aryl methyl sites for hydroxylation is 2. The maximum Gasteiger partial charge on any atom is 0.348 e. The number of rotatable bonds is 5. The number of carbonyl (C=O) groups excluding carboxylic acids is 1. The van der Waals surface area contributed by atoms with Crippen molar-refractivity contribution < 1.29 is 23.4 Å². The molecule has 1 unspecified atom stereocenters. The van der Waals surface area contributed by atoms with Crippen LogP contribution in [0.2, 0.25) is 0 Å². The van der Waals surface area contributed by atoms with Crippen molar-refractivity contribution in [3.8, 4) is 0 Å². The summed E-state index contributed by atoms with van der Waals surface area (Å²) < 4.78 is 32.5. The number of nitrogens with one attached hydrogen (secondary N) is 1. The van der Waals surface area contributed by atoms with E-state index in [9.17, 15) is 18.7 Å². The van der Waals surface area contributed by atoms with Gasteiger partial charge in [-0.25, -0.2) is 23.5 Å². The molecule has 9 heteroatoms. The molecule has 0 aliphatic heterocycles. The number of benzene rings is 1. The Morgan fingerprint density at radius 1 is 1.30 bits per heavy atom. The van der Waals surface area contributed by atoms with E-state index >= 15 is 0 Å². The van der Waals surface area contributed by atoms with Crippen molar-refractivity contribution in [1.82, 2.24) is 9.97 Å². The molecule has 2 aromatic heterocycles. The molecule has 3 rings (SSSR count). The van der Waals surface area contributed by atoms with Crippen LogP contribution in [-0.2, 0) is 4.74 Å². The molecular formula is C18H17F2N3O3S. The topological polar surface area (TPSA) is 84.3 Å². The Hall–Kier alpha value is -2.65. The molecule has 1 aromatic carbocycles. The Labute approximate surface area is 157 Å². The summed E-state index contributed by atoms with van der Waals surface area (Å²) in [6.45, 7) is 3.25. The lowest BCUT2D eigenvalue weighted by atomic mass is 10.1. The summed E-state index contributed by atoms with van der Waals surface area (Å²) in [5.41, 5.74) is 0.222. The van der Waals surface area contributed by atoms with Crippen molar-refractivity contribution in [2.45, 2.75) is 20.0 Å². The van der Waals surface area contributed by atoms with Gasteiger partial charge in [0.05, 0.1) is 18.1 Å². The van der Waals surface area contributed by atoms with Crippen molar-refractivity contribution in [2.24, 2.45) is 0 Å².